The second-order valence-electron chi connectivity index (χ2n) is 4.60. The molecule has 2 heterocycles. The molecule has 3 heteroatoms. The first-order chi connectivity index (χ1) is 7.81. The van der Waals surface area contributed by atoms with E-state index in [0.717, 1.165) is 18.1 Å². The first-order valence-corrected chi connectivity index (χ1v) is 5.92. The molecule has 0 spiro atoms. The highest BCUT2D eigenvalue weighted by molar-refractivity contribution is 5.46. The second kappa shape index (κ2) is 3.59. The van der Waals surface area contributed by atoms with E-state index in [-0.39, 0.29) is 0 Å². The van der Waals surface area contributed by atoms with Crippen LogP contribution in [0.4, 0.5) is 0 Å². The van der Waals surface area contributed by atoms with Gasteiger partial charge in [-0.25, -0.2) is 4.98 Å². The molecule has 0 aliphatic heterocycles. The van der Waals surface area contributed by atoms with Crippen LogP contribution in [0.3, 0.4) is 0 Å². The molecule has 3 rings (SSSR count). The van der Waals surface area contributed by atoms with Gasteiger partial charge in [-0.05, 0) is 38.9 Å². The number of pyridine rings is 1. The molecule has 16 heavy (non-hydrogen) atoms. The standard InChI is InChI=1S/C13H17N3/c1-9-13(10-6-7-10)15-12-5-3-4-11(8-14-2)16(9)12/h3-5,10,14H,6-8H2,1-2H3. The van der Waals surface area contributed by atoms with E-state index in [1.165, 1.54) is 29.9 Å². The molecular formula is C13H17N3. The van der Waals surface area contributed by atoms with Gasteiger partial charge in [-0.2, -0.15) is 0 Å². The Bertz CT molecular complexity index is 523. The molecule has 3 nitrogen and oxygen atoms in total. The van der Waals surface area contributed by atoms with Gasteiger partial charge in [0.15, 0.2) is 0 Å². The van der Waals surface area contributed by atoms with Crippen molar-refractivity contribution in [3.63, 3.8) is 0 Å². The molecular weight excluding hydrogens is 198 g/mol. The van der Waals surface area contributed by atoms with E-state index in [0.29, 0.717) is 0 Å². The highest BCUT2D eigenvalue weighted by Gasteiger charge is 2.28. The largest absolute Gasteiger partial charge is 0.314 e. The van der Waals surface area contributed by atoms with Crippen molar-refractivity contribution in [2.45, 2.75) is 32.2 Å². The van der Waals surface area contributed by atoms with E-state index in [4.69, 9.17) is 4.98 Å². The molecule has 0 bridgehead atoms. The van der Waals surface area contributed by atoms with Crippen molar-refractivity contribution in [1.29, 1.82) is 0 Å². The summed E-state index contributed by atoms with van der Waals surface area (Å²) in [4.78, 5) is 4.75. The number of hydrogen-bond donors (Lipinski definition) is 1. The zero-order chi connectivity index (χ0) is 11.1. The Labute approximate surface area is 95.5 Å². The smallest absolute Gasteiger partial charge is 0.137 e. The van der Waals surface area contributed by atoms with E-state index in [1.807, 2.05) is 7.05 Å². The summed E-state index contributed by atoms with van der Waals surface area (Å²) in [5.41, 5.74) is 5.01. The summed E-state index contributed by atoms with van der Waals surface area (Å²) in [6.07, 6.45) is 2.62. The molecule has 0 unspecified atom stereocenters. The van der Waals surface area contributed by atoms with Gasteiger partial charge in [0, 0.05) is 23.9 Å². The van der Waals surface area contributed by atoms with Gasteiger partial charge >= 0.3 is 0 Å². The monoisotopic (exact) mass is 215 g/mol. The van der Waals surface area contributed by atoms with Gasteiger partial charge in [0.25, 0.3) is 0 Å². The van der Waals surface area contributed by atoms with Gasteiger partial charge in [-0.15, -0.1) is 0 Å². The van der Waals surface area contributed by atoms with Gasteiger partial charge in [0.1, 0.15) is 5.65 Å². The summed E-state index contributed by atoms with van der Waals surface area (Å²) in [5.74, 6) is 0.724. The number of nitrogens with zero attached hydrogens (tertiary/aromatic N) is 2. The van der Waals surface area contributed by atoms with E-state index in [1.54, 1.807) is 0 Å². The van der Waals surface area contributed by atoms with Crippen LogP contribution in [0.15, 0.2) is 18.2 Å². The van der Waals surface area contributed by atoms with Crippen LogP contribution in [0.25, 0.3) is 5.65 Å². The van der Waals surface area contributed by atoms with Crippen molar-refractivity contribution in [3.05, 3.63) is 35.3 Å². The molecule has 1 fully saturated rings. The topological polar surface area (TPSA) is 29.3 Å². The van der Waals surface area contributed by atoms with Crippen LogP contribution in [0.1, 0.15) is 35.8 Å². The number of imidazole rings is 1. The van der Waals surface area contributed by atoms with Crippen LogP contribution in [0, 0.1) is 6.92 Å². The number of nitrogens with one attached hydrogen (secondary N) is 1. The minimum atomic E-state index is 0.724. The lowest BCUT2D eigenvalue weighted by Gasteiger charge is -2.06. The van der Waals surface area contributed by atoms with E-state index in [9.17, 15) is 0 Å². The van der Waals surface area contributed by atoms with E-state index >= 15 is 0 Å². The van der Waals surface area contributed by atoms with E-state index < -0.39 is 0 Å². The van der Waals surface area contributed by atoms with Gasteiger partial charge in [0.2, 0.25) is 0 Å². The third-order valence-electron chi connectivity index (χ3n) is 3.31. The Morgan fingerprint density at radius 1 is 1.44 bits per heavy atom. The Morgan fingerprint density at radius 2 is 2.25 bits per heavy atom. The van der Waals surface area contributed by atoms with Gasteiger partial charge in [-0.3, -0.25) is 4.40 Å². The van der Waals surface area contributed by atoms with E-state index in [2.05, 4.69) is 34.8 Å². The number of aromatic nitrogens is 2. The summed E-state index contributed by atoms with van der Waals surface area (Å²) in [5, 5.41) is 3.21. The zero-order valence-electron chi connectivity index (χ0n) is 9.83. The summed E-state index contributed by atoms with van der Waals surface area (Å²) >= 11 is 0. The summed E-state index contributed by atoms with van der Waals surface area (Å²) in [7, 11) is 1.98. The fraction of sp³-hybridized carbons (Fsp3) is 0.462. The normalized spacial score (nSPS) is 15.9. The number of rotatable bonds is 3. The van der Waals surface area contributed by atoms with Crippen LogP contribution >= 0.6 is 0 Å². The quantitative estimate of drug-likeness (QED) is 0.850. The minimum Gasteiger partial charge on any atom is -0.314 e. The van der Waals surface area contributed by atoms with Crippen LogP contribution in [0.5, 0.6) is 0 Å². The van der Waals surface area contributed by atoms with Crippen molar-refractivity contribution < 1.29 is 0 Å². The Morgan fingerprint density at radius 3 is 2.94 bits per heavy atom. The maximum absolute atomic E-state index is 4.75. The number of aryl methyl sites for hydroxylation is 1. The van der Waals surface area contributed by atoms with Gasteiger partial charge in [-0.1, -0.05) is 6.07 Å². The van der Waals surface area contributed by atoms with Crippen LogP contribution in [0.2, 0.25) is 0 Å². The highest BCUT2D eigenvalue weighted by atomic mass is 15.0. The molecule has 2 aromatic heterocycles. The molecule has 1 saturated carbocycles. The number of fused-ring (bicyclic) bond motifs is 1. The maximum atomic E-state index is 4.75. The maximum Gasteiger partial charge on any atom is 0.137 e. The third kappa shape index (κ3) is 1.43. The SMILES string of the molecule is CNCc1cccc2nc(C3CC3)c(C)n12. The van der Waals surface area contributed by atoms with Gasteiger partial charge in [0.05, 0.1) is 5.69 Å². The average molecular weight is 215 g/mol. The molecule has 0 aromatic carbocycles. The molecule has 0 atom stereocenters. The first-order valence-electron chi connectivity index (χ1n) is 5.92. The zero-order valence-corrected chi connectivity index (χ0v) is 9.83. The molecule has 84 valence electrons. The summed E-state index contributed by atoms with van der Waals surface area (Å²) in [6.45, 7) is 3.07. The molecule has 1 aliphatic rings. The third-order valence-corrected chi connectivity index (χ3v) is 3.31. The lowest BCUT2D eigenvalue weighted by Crippen LogP contribution is -2.09. The molecule has 0 saturated heterocycles. The lowest BCUT2D eigenvalue weighted by molar-refractivity contribution is 0.771. The average Bonchev–Trinajstić information content (AvgIpc) is 3.05. The molecule has 0 amide bonds. The fourth-order valence-corrected chi connectivity index (χ4v) is 2.40. The van der Waals surface area contributed by atoms with Crippen molar-refractivity contribution in [3.8, 4) is 0 Å². The molecule has 1 N–H and O–H groups in total. The van der Waals surface area contributed by atoms with Crippen LogP contribution in [-0.2, 0) is 6.54 Å². The van der Waals surface area contributed by atoms with Crippen LogP contribution < -0.4 is 5.32 Å². The highest BCUT2D eigenvalue weighted by Crippen LogP contribution is 2.41. The van der Waals surface area contributed by atoms with Crippen molar-refractivity contribution in [1.82, 2.24) is 14.7 Å². The van der Waals surface area contributed by atoms with Crippen molar-refractivity contribution in [2.24, 2.45) is 0 Å². The Hall–Kier alpha value is -1.35. The fourth-order valence-electron chi connectivity index (χ4n) is 2.40. The van der Waals surface area contributed by atoms with Gasteiger partial charge < -0.3 is 5.32 Å². The Kier molecular flexibility index (Phi) is 2.21. The first kappa shape index (κ1) is 9.85. The predicted octanol–water partition coefficient (Wildman–Crippen LogP) is 2.24. The molecule has 0 radical (unpaired) electrons. The minimum absolute atomic E-state index is 0.724. The predicted molar refractivity (Wildman–Crippen MR) is 64.7 cm³/mol. The summed E-state index contributed by atoms with van der Waals surface area (Å²) in [6, 6.07) is 6.35. The summed E-state index contributed by atoms with van der Waals surface area (Å²) < 4.78 is 2.28. The molecule has 1 aliphatic carbocycles. The Balaban J connectivity index is 2.20. The second-order valence-corrected chi connectivity index (χ2v) is 4.60. The van der Waals surface area contributed by atoms with Crippen molar-refractivity contribution in [2.75, 3.05) is 7.05 Å². The molecule has 2 aromatic rings. The number of hydrogen-bond acceptors (Lipinski definition) is 2. The van der Waals surface area contributed by atoms with Crippen LogP contribution in [-0.4, -0.2) is 16.4 Å². The van der Waals surface area contributed by atoms with Crippen molar-refractivity contribution >= 4 is 5.65 Å². The lowest BCUT2D eigenvalue weighted by atomic mass is 10.2.